The van der Waals surface area contributed by atoms with E-state index in [2.05, 4.69) is 24.9 Å². The van der Waals surface area contributed by atoms with Crippen molar-refractivity contribution in [3.8, 4) is 0 Å². The standard InChI is InChI=1S/C18H22NO3/c1-17-14(21)6-3-10-9-12-11-4-5-13(20)16(22-17)18(11,15(10)17)7-8-19(12)2/h4-6,11-13,16,20-21H,1,3,7-9H2,2H3/t11-,12+,13-,16-,17?,18-/m0/s1. The van der Waals surface area contributed by atoms with Gasteiger partial charge in [0.2, 0.25) is 0 Å². The highest BCUT2D eigenvalue weighted by atomic mass is 16.5. The Balaban J connectivity index is 1.80. The van der Waals surface area contributed by atoms with Crippen molar-refractivity contribution in [2.75, 3.05) is 13.6 Å². The van der Waals surface area contributed by atoms with Crippen LogP contribution in [0.15, 0.2) is 35.1 Å². The summed E-state index contributed by atoms with van der Waals surface area (Å²) in [5.41, 5.74) is 1.38. The molecule has 0 aromatic heterocycles. The topological polar surface area (TPSA) is 52.9 Å². The van der Waals surface area contributed by atoms with Gasteiger partial charge in [0.15, 0.2) is 0 Å². The third-order valence-corrected chi connectivity index (χ3v) is 6.75. The van der Waals surface area contributed by atoms with Gasteiger partial charge in [0.05, 0.1) is 12.2 Å². The minimum absolute atomic E-state index is 0.192. The lowest BCUT2D eigenvalue weighted by molar-refractivity contribution is -0.110. The molecule has 0 aromatic carbocycles. The number of aliphatic hydroxyl groups is 2. The molecule has 1 unspecified atom stereocenters. The number of piperidine rings is 1. The minimum atomic E-state index is -0.982. The second-order valence-corrected chi connectivity index (χ2v) is 7.58. The zero-order chi connectivity index (χ0) is 15.3. The summed E-state index contributed by atoms with van der Waals surface area (Å²) in [6.45, 7) is 5.26. The second kappa shape index (κ2) is 3.86. The van der Waals surface area contributed by atoms with E-state index in [4.69, 9.17) is 4.74 Å². The van der Waals surface area contributed by atoms with Crippen molar-refractivity contribution in [2.24, 2.45) is 11.3 Å². The molecule has 2 aliphatic heterocycles. The molecule has 6 atom stereocenters. The first-order valence-corrected chi connectivity index (χ1v) is 8.21. The number of likely N-dealkylation sites (tertiary alicyclic amines) is 1. The fraction of sp³-hybridized carbons (Fsp3) is 0.611. The zero-order valence-electron chi connectivity index (χ0n) is 12.8. The van der Waals surface area contributed by atoms with Crippen LogP contribution in [0.2, 0.25) is 0 Å². The SMILES string of the molecule is [CH2]C12O[C@H]3[C@@H](O)C=C[C@H]4[C@H]5CC(=C1[C@]43CCN5C)CC=C2O. The van der Waals surface area contributed by atoms with Crippen LogP contribution >= 0.6 is 0 Å². The maximum absolute atomic E-state index is 10.6. The fourth-order valence-electron chi connectivity index (χ4n) is 5.85. The summed E-state index contributed by atoms with van der Waals surface area (Å²) < 4.78 is 6.27. The lowest BCUT2D eigenvalue weighted by Gasteiger charge is -2.58. The van der Waals surface area contributed by atoms with Crippen LogP contribution in [0.5, 0.6) is 0 Å². The smallest absolute Gasteiger partial charge is 0.147 e. The van der Waals surface area contributed by atoms with Crippen molar-refractivity contribution in [1.29, 1.82) is 0 Å². The normalized spacial score (nSPS) is 52.6. The number of nitrogens with zero attached hydrogens (tertiary/aromatic N) is 1. The largest absolute Gasteiger partial charge is 0.509 e. The van der Waals surface area contributed by atoms with Crippen LogP contribution in [-0.2, 0) is 4.74 Å². The van der Waals surface area contributed by atoms with E-state index in [1.807, 2.05) is 12.2 Å². The molecule has 0 aromatic rings. The predicted octanol–water partition coefficient (Wildman–Crippen LogP) is 1.74. The fourth-order valence-corrected chi connectivity index (χ4v) is 5.85. The molecule has 2 bridgehead atoms. The van der Waals surface area contributed by atoms with Gasteiger partial charge >= 0.3 is 0 Å². The highest BCUT2D eigenvalue weighted by Crippen LogP contribution is 2.67. The Morgan fingerprint density at radius 1 is 1.41 bits per heavy atom. The van der Waals surface area contributed by atoms with E-state index in [9.17, 15) is 10.2 Å². The highest BCUT2D eigenvalue weighted by Gasteiger charge is 2.69. The van der Waals surface area contributed by atoms with Gasteiger partial charge in [0.25, 0.3) is 0 Å². The monoisotopic (exact) mass is 300 g/mol. The third kappa shape index (κ3) is 1.24. The van der Waals surface area contributed by atoms with Crippen LogP contribution in [-0.4, -0.2) is 52.6 Å². The van der Waals surface area contributed by atoms with Gasteiger partial charge in [0, 0.05) is 17.4 Å². The Bertz CT molecular complexity index is 651. The van der Waals surface area contributed by atoms with Crippen molar-refractivity contribution in [3.63, 3.8) is 0 Å². The molecule has 1 spiro atoms. The summed E-state index contributed by atoms with van der Waals surface area (Å²) in [7, 11) is 2.19. The molecule has 2 fully saturated rings. The van der Waals surface area contributed by atoms with Gasteiger partial charge in [-0.15, -0.1) is 0 Å². The van der Waals surface area contributed by atoms with Gasteiger partial charge in [-0.1, -0.05) is 17.7 Å². The highest BCUT2D eigenvalue weighted by molar-refractivity contribution is 5.53. The number of hydrogen-bond donors (Lipinski definition) is 2. The Labute approximate surface area is 130 Å². The van der Waals surface area contributed by atoms with Crippen LogP contribution in [0.25, 0.3) is 0 Å². The average molecular weight is 300 g/mol. The van der Waals surface area contributed by atoms with Gasteiger partial charge in [-0.3, -0.25) is 0 Å². The van der Waals surface area contributed by atoms with E-state index < -0.39 is 11.7 Å². The Kier molecular flexibility index (Phi) is 2.34. The van der Waals surface area contributed by atoms with E-state index >= 15 is 0 Å². The van der Waals surface area contributed by atoms with Crippen molar-refractivity contribution < 1.29 is 14.9 Å². The van der Waals surface area contributed by atoms with Gasteiger partial charge in [-0.2, -0.15) is 0 Å². The molecule has 2 saturated heterocycles. The average Bonchev–Trinajstić information content (AvgIpc) is 2.78. The molecule has 2 N–H and O–H groups in total. The van der Waals surface area contributed by atoms with E-state index in [-0.39, 0.29) is 17.3 Å². The second-order valence-electron chi connectivity index (χ2n) is 7.58. The number of rotatable bonds is 0. The van der Waals surface area contributed by atoms with Crippen LogP contribution in [0.3, 0.4) is 0 Å². The molecule has 4 heteroatoms. The number of hydrogen-bond acceptors (Lipinski definition) is 4. The molecule has 117 valence electrons. The Hall–Kier alpha value is -1.10. The van der Waals surface area contributed by atoms with Crippen molar-refractivity contribution in [2.45, 2.75) is 43.1 Å². The summed E-state index contributed by atoms with van der Waals surface area (Å²) in [6.07, 6.45) is 7.75. The molecule has 3 aliphatic carbocycles. The van der Waals surface area contributed by atoms with Crippen LogP contribution < -0.4 is 0 Å². The van der Waals surface area contributed by atoms with Gasteiger partial charge < -0.3 is 19.8 Å². The van der Waals surface area contributed by atoms with E-state index in [1.165, 1.54) is 11.1 Å². The van der Waals surface area contributed by atoms with E-state index in [0.29, 0.717) is 12.0 Å². The summed E-state index contributed by atoms with van der Waals surface area (Å²) in [5, 5.41) is 21.0. The summed E-state index contributed by atoms with van der Waals surface area (Å²) in [5.74, 6) is 0.561. The van der Waals surface area contributed by atoms with Gasteiger partial charge in [-0.25, -0.2) is 0 Å². The molecule has 4 nitrogen and oxygen atoms in total. The maximum atomic E-state index is 10.6. The molecule has 2 heterocycles. The lowest BCUT2D eigenvalue weighted by atomic mass is 9.50. The molecular weight excluding hydrogens is 278 g/mol. The quantitative estimate of drug-likeness (QED) is 0.669. The number of allylic oxidation sites excluding steroid dienone is 1. The van der Waals surface area contributed by atoms with Crippen LogP contribution in [0, 0.1) is 18.3 Å². The Morgan fingerprint density at radius 2 is 2.23 bits per heavy atom. The molecule has 1 radical (unpaired) electrons. The van der Waals surface area contributed by atoms with E-state index in [0.717, 1.165) is 25.8 Å². The summed E-state index contributed by atoms with van der Waals surface area (Å²) >= 11 is 0. The van der Waals surface area contributed by atoms with Gasteiger partial charge in [0.1, 0.15) is 11.4 Å². The van der Waals surface area contributed by atoms with E-state index in [1.54, 1.807) is 0 Å². The first-order chi connectivity index (χ1) is 10.5. The predicted molar refractivity (Wildman–Crippen MR) is 82.0 cm³/mol. The molecule has 0 saturated carbocycles. The van der Waals surface area contributed by atoms with Crippen molar-refractivity contribution in [1.82, 2.24) is 4.90 Å². The molecule has 5 rings (SSSR count). The summed E-state index contributed by atoms with van der Waals surface area (Å²) in [4.78, 5) is 2.44. The minimum Gasteiger partial charge on any atom is -0.509 e. The zero-order valence-corrected chi connectivity index (χ0v) is 12.8. The van der Waals surface area contributed by atoms with Crippen LogP contribution in [0.4, 0.5) is 0 Å². The number of aliphatic hydroxyl groups excluding tert-OH is 2. The Morgan fingerprint density at radius 3 is 3.05 bits per heavy atom. The van der Waals surface area contributed by atoms with Crippen molar-refractivity contribution >= 4 is 0 Å². The van der Waals surface area contributed by atoms with Gasteiger partial charge in [-0.05, 0) is 51.4 Å². The first-order valence-electron chi connectivity index (χ1n) is 8.21. The molecule has 5 aliphatic rings. The third-order valence-electron chi connectivity index (χ3n) is 6.75. The molecule has 22 heavy (non-hydrogen) atoms. The van der Waals surface area contributed by atoms with Crippen molar-refractivity contribution in [3.05, 3.63) is 42.1 Å². The first kappa shape index (κ1) is 13.3. The summed E-state index contributed by atoms with van der Waals surface area (Å²) in [6, 6.07) is 0.457. The molecule has 0 amide bonds. The molecular formula is C18H22NO3. The van der Waals surface area contributed by atoms with Crippen LogP contribution in [0.1, 0.15) is 19.3 Å². The number of ether oxygens (including phenoxy) is 1. The maximum Gasteiger partial charge on any atom is 0.147 e. The lowest BCUT2D eigenvalue weighted by Crippen LogP contribution is -2.61.